The maximum Gasteiger partial charge on any atom is 0.127 e. The van der Waals surface area contributed by atoms with Gasteiger partial charge in [0.2, 0.25) is 0 Å². The van der Waals surface area contributed by atoms with Crippen molar-refractivity contribution in [3.63, 3.8) is 0 Å². The van der Waals surface area contributed by atoms with Crippen LogP contribution in [0.15, 0.2) is 78.9 Å². The molecule has 0 N–H and O–H groups in total. The van der Waals surface area contributed by atoms with E-state index in [0.717, 1.165) is 24.3 Å². The fraction of sp³-hybridized carbons (Fsp3) is 0.143. The zero-order chi connectivity index (χ0) is 15.2. The molecule has 0 heterocycles. The van der Waals surface area contributed by atoms with E-state index in [9.17, 15) is 0 Å². The van der Waals surface area contributed by atoms with E-state index in [-0.39, 0.29) is 0 Å². The number of rotatable bonds is 5. The Bertz CT molecular complexity index is 714. The third kappa shape index (κ3) is 3.76. The van der Waals surface area contributed by atoms with Crippen molar-refractivity contribution in [1.82, 2.24) is 0 Å². The maximum atomic E-state index is 5.82. The van der Waals surface area contributed by atoms with Crippen LogP contribution in [0.25, 0.3) is 0 Å². The van der Waals surface area contributed by atoms with Crippen LogP contribution in [0.2, 0.25) is 0 Å². The van der Waals surface area contributed by atoms with Gasteiger partial charge in [-0.25, -0.2) is 0 Å². The van der Waals surface area contributed by atoms with Gasteiger partial charge in [0.05, 0.1) is 0 Å². The Morgan fingerprint density at radius 1 is 0.636 bits per heavy atom. The number of hydrogen-bond acceptors (Lipinski definition) is 1. The summed E-state index contributed by atoms with van der Waals surface area (Å²) in [5, 5.41) is 0. The molecule has 0 saturated carbocycles. The molecular weight excluding hydrogens is 268 g/mol. The Labute approximate surface area is 132 Å². The van der Waals surface area contributed by atoms with E-state index in [0.29, 0.717) is 0 Å². The summed E-state index contributed by atoms with van der Waals surface area (Å²) in [4.78, 5) is 0. The molecule has 0 aromatic heterocycles. The summed E-state index contributed by atoms with van der Waals surface area (Å²) in [6.45, 7) is 2.19. The first-order chi connectivity index (χ1) is 10.8. The zero-order valence-corrected chi connectivity index (χ0v) is 12.8. The summed E-state index contributed by atoms with van der Waals surface area (Å²) in [7, 11) is 0. The lowest BCUT2D eigenvalue weighted by Crippen LogP contribution is -1.90. The van der Waals surface area contributed by atoms with Crippen molar-refractivity contribution in [3.8, 4) is 11.5 Å². The molecule has 0 spiro atoms. The third-order valence-electron chi connectivity index (χ3n) is 3.71. The van der Waals surface area contributed by atoms with Crippen LogP contribution in [-0.4, -0.2) is 0 Å². The minimum Gasteiger partial charge on any atom is -0.457 e. The van der Waals surface area contributed by atoms with Crippen LogP contribution in [0.4, 0.5) is 0 Å². The summed E-state index contributed by atoms with van der Waals surface area (Å²) in [6.07, 6.45) is 2.04. The summed E-state index contributed by atoms with van der Waals surface area (Å²) in [5.74, 6) is 1.74. The molecule has 0 fully saturated rings. The predicted octanol–water partition coefficient (Wildman–Crippen LogP) is 5.63. The Morgan fingerprint density at radius 2 is 1.32 bits per heavy atom. The van der Waals surface area contributed by atoms with Crippen molar-refractivity contribution < 1.29 is 4.74 Å². The van der Waals surface area contributed by atoms with Gasteiger partial charge in [-0.2, -0.15) is 0 Å². The number of ether oxygens (including phenoxy) is 1. The van der Waals surface area contributed by atoms with Crippen molar-refractivity contribution in [2.24, 2.45) is 0 Å². The van der Waals surface area contributed by atoms with E-state index in [1.165, 1.54) is 16.7 Å². The van der Waals surface area contributed by atoms with Crippen LogP contribution in [0.1, 0.15) is 23.6 Å². The predicted molar refractivity (Wildman–Crippen MR) is 91.6 cm³/mol. The summed E-state index contributed by atoms with van der Waals surface area (Å²) in [5.41, 5.74) is 4.05. The molecule has 22 heavy (non-hydrogen) atoms. The summed E-state index contributed by atoms with van der Waals surface area (Å²) >= 11 is 0. The number of para-hydroxylation sites is 1. The highest BCUT2D eigenvalue weighted by molar-refractivity contribution is 5.35. The van der Waals surface area contributed by atoms with Gasteiger partial charge in [-0.15, -0.1) is 0 Å². The first kappa shape index (κ1) is 14.4. The van der Waals surface area contributed by atoms with Gasteiger partial charge >= 0.3 is 0 Å². The lowest BCUT2D eigenvalue weighted by Gasteiger charge is -2.07. The SMILES string of the molecule is CCc1cccc(Cc2ccc(Oc3ccccc3)cc2)c1. The van der Waals surface area contributed by atoms with Crippen molar-refractivity contribution in [3.05, 3.63) is 95.6 Å². The van der Waals surface area contributed by atoms with Crippen LogP contribution in [-0.2, 0) is 12.8 Å². The third-order valence-corrected chi connectivity index (χ3v) is 3.71. The molecule has 110 valence electrons. The van der Waals surface area contributed by atoms with E-state index in [1.807, 2.05) is 42.5 Å². The molecule has 0 radical (unpaired) electrons. The van der Waals surface area contributed by atoms with E-state index in [2.05, 4.69) is 43.3 Å². The average molecular weight is 288 g/mol. The molecule has 0 aliphatic heterocycles. The topological polar surface area (TPSA) is 9.23 Å². The summed E-state index contributed by atoms with van der Waals surface area (Å²) < 4.78 is 5.82. The van der Waals surface area contributed by atoms with Crippen LogP contribution in [0.3, 0.4) is 0 Å². The van der Waals surface area contributed by atoms with E-state index >= 15 is 0 Å². The minimum atomic E-state index is 0.867. The van der Waals surface area contributed by atoms with Crippen molar-refractivity contribution in [2.75, 3.05) is 0 Å². The average Bonchev–Trinajstić information content (AvgIpc) is 2.58. The number of benzene rings is 3. The Morgan fingerprint density at radius 3 is 2.05 bits per heavy atom. The Hall–Kier alpha value is -2.54. The standard InChI is InChI=1S/C21H20O/c1-2-17-7-6-8-19(15-17)16-18-11-13-21(14-12-18)22-20-9-4-3-5-10-20/h3-15H,2,16H2,1H3. The van der Waals surface area contributed by atoms with Crippen molar-refractivity contribution in [2.45, 2.75) is 19.8 Å². The highest BCUT2D eigenvalue weighted by atomic mass is 16.5. The highest BCUT2D eigenvalue weighted by Crippen LogP contribution is 2.22. The van der Waals surface area contributed by atoms with Gasteiger partial charge in [0.15, 0.2) is 0 Å². The molecule has 0 unspecified atom stereocenters. The highest BCUT2D eigenvalue weighted by Gasteiger charge is 2.00. The fourth-order valence-electron chi connectivity index (χ4n) is 2.50. The molecule has 1 heteroatoms. The Kier molecular flexibility index (Phi) is 4.55. The molecule has 0 amide bonds. The van der Waals surface area contributed by atoms with Gasteiger partial charge in [-0.1, -0.05) is 61.5 Å². The second-order valence-corrected chi connectivity index (χ2v) is 5.41. The smallest absolute Gasteiger partial charge is 0.127 e. The fourth-order valence-corrected chi connectivity index (χ4v) is 2.50. The molecule has 0 aliphatic carbocycles. The lowest BCUT2D eigenvalue weighted by atomic mass is 10.0. The van der Waals surface area contributed by atoms with E-state index in [1.54, 1.807) is 0 Å². The minimum absolute atomic E-state index is 0.867. The molecule has 3 aromatic carbocycles. The molecule has 1 nitrogen and oxygen atoms in total. The second-order valence-electron chi connectivity index (χ2n) is 5.41. The van der Waals surface area contributed by atoms with Gasteiger partial charge in [-0.3, -0.25) is 0 Å². The van der Waals surface area contributed by atoms with Gasteiger partial charge in [0, 0.05) is 0 Å². The molecule has 3 aromatic rings. The van der Waals surface area contributed by atoms with Gasteiger partial charge < -0.3 is 4.74 Å². The summed E-state index contributed by atoms with van der Waals surface area (Å²) in [6, 6.07) is 27.0. The molecular formula is C21H20O. The first-order valence-corrected chi connectivity index (χ1v) is 7.73. The van der Waals surface area contributed by atoms with E-state index < -0.39 is 0 Å². The van der Waals surface area contributed by atoms with Crippen molar-refractivity contribution >= 4 is 0 Å². The van der Waals surface area contributed by atoms with Gasteiger partial charge in [-0.05, 0) is 53.8 Å². The molecule has 0 saturated heterocycles. The first-order valence-electron chi connectivity index (χ1n) is 7.73. The molecule has 0 bridgehead atoms. The van der Waals surface area contributed by atoms with Crippen LogP contribution in [0, 0.1) is 0 Å². The quantitative estimate of drug-likeness (QED) is 0.591. The molecule has 0 aliphatic rings. The lowest BCUT2D eigenvalue weighted by molar-refractivity contribution is 0.482. The van der Waals surface area contributed by atoms with Crippen LogP contribution >= 0.6 is 0 Å². The number of hydrogen-bond donors (Lipinski definition) is 0. The maximum absolute atomic E-state index is 5.82. The van der Waals surface area contributed by atoms with Gasteiger partial charge in [0.25, 0.3) is 0 Å². The molecule has 0 atom stereocenters. The van der Waals surface area contributed by atoms with Crippen LogP contribution in [0.5, 0.6) is 11.5 Å². The Balaban J connectivity index is 1.68. The second kappa shape index (κ2) is 6.95. The van der Waals surface area contributed by atoms with Gasteiger partial charge in [0.1, 0.15) is 11.5 Å². The zero-order valence-electron chi connectivity index (χ0n) is 12.8. The number of aryl methyl sites for hydroxylation is 1. The van der Waals surface area contributed by atoms with E-state index in [4.69, 9.17) is 4.74 Å². The largest absolute Gasteiger partial charge is 0.457 e. The normalized spacial score (nSPS) is 10.4. The monoisotopic (exact) mass is 288 g/mol. The van der Waals surface area contributed by atoms with Crippen LogP contribution < -0.4 is 4.74 Å². The van der Waals surface area contributed by atoms with Crippen molar-refractivity contribution in [1.29, 1.82) is 0 Å². The molecule has 3 rings (SSSR count).